The van der Waals surface area contributed by atoms with Crippen molar-refractivity contribution in [3.8, 4) is 22.5 Å². The molecule has 0 aliphatic rings. The van der Waals surface area contributed by atoms with Crippen molar-refractivity contribution >= 4 is 29.6 Å². The largest absolute Gasteiger partial charge is 0.439 e. The van der Waals surface area contributed by atoms with Gasteiger partial charge in [-0.15, -0.1) is 0 Å². The predicted octanol–water partition coefficient (Wildman–Crippen LogP) is 5.72. The van der Waals surface area contributed by atoms with Crippen LogP contribution in [0.4, 0.5) is 0 Å². The topological polar surface area (TPSA) is 93.8 Å². The Hall–Kier alpha value is -3.52. The summed E-state index contributed by atoms with van der Waals surface area (Å²) in [5.41, 5.74) is 6.45. The second-order valence-corrected chi connectivity index (χ2v) is 9.81. The van der Waals surface area contributed by atoms with Crippen molar-refractivity contribution < 1.29 is 4.52 Å². The van der Waals surface area contributed by atoms with E-state index in [4.69, 9.17) is 9.51 Å². The molecule has 3 aromatic carbocycles. The molecule has 0 amide bonds. The fourth-order valence-corrected chi connectivity index (χ4v) is 5.09. The number of hydrogen-bond acceptors (Lipinski definition) is 5. The quantitative estimate of drug-likeness (QED) is 0.240. The van der Waals surface area contributed by atoms with Gasteiger partial charge in [-0.25, -0.2) is 9.78 Å². The molecule has 40 heavy (non-hydrogen) atoms. The normalized spacial score (nSPS) is 11.7. The minimum atomic E-state index is -0.590. The van der Waals surface area contributed by atoms with Crippen LogP contribution >= 0.6 is 0 Å². The van der Waals surface area contributed by atoms with Crippen LogP contribution in [0.1, 0.15) is 60.9 Å². The van der Waals surface area contributed by atoms with Crippen LogP contribution in [0.15, 0.2) is 93.0 Å². The van der Waals surface area contributed by atoms with Crippen molar-refractivity contribution in [2.75, 3.05) is 0 Å². The van der Waals surface area contributed by atoms with Crippen molar-refractivity contribution in [1.82, 2.24) is 19.7 Å². The smallest absolute Gasteiger partial charge is 0.296 e. The van der Waals surface area contributed by atoms with E-state index >= 15 is 0 Å². The maximum Gasteiger partial charge on any atom is 0.439 e. The zero-order chi connectivity index (χ0) is 27.4. The Labute approximate surface area is 255 Å². The van der Waals surface area contributed by atoms with Gasteiger partial charge in [0.25, 0.3) is 5.56 Å². The summed E-state index contributed by atoms with van der Waals surface area (Å²) < 4.78 is 6.53. The minimum absolute atomic E-state index is 0. The number of aryl methyl sites for hydroxylation is 2. The van der Waals surface area contributed by atoms with Gasteiger partial charge in [0.15, 0.2) is 5.82 Å². The molecule has 2 aromatic heterocycles. The molecule has 0 fully saturated rings. The molecule has 5 aromatic rings. The van der Waals surface area contributed by atoms with Crippen LogP contribution in [-0.4, -0.2) is 49.2 Å². The zero-order valence-corrected chi connectivity index (χ0v) is 25.5. The average molecular weight is 544 g/mol. The summed E-state index contributed by atoms with van der Waals surface area (Å²) in [6, 6.07) is 25.8. The molecule has 0 aliphatic heterocycles. The molecule has 0 saturated heterocycles. The van der Waals surface area contributed by atoms with Crippen LogP contribution in [0.25, 0.3) is 22.5 Å². The minimum Gasteiger partial charge on any atom is -0.296 e. The first kappa shape index (κ1) is 29.5. The number of aromatic amines is 1. The molecule has 1 unspecified atom stereocenters. The molecular formula is C32H32N4NaO3. The second-order valence-electron chi connectivity index (χ2n) is 9.81. The van der Waals surface area contributed by atoms with Crippen LogP contribution in [0.3, 0.4) is 0 Å². The van der Waals surface area contributed by atoms with Gasteiger partial charge < -0.3 is 0 Å². The van der Waals surface area contributed by atoms with Crippen LogP contribution in [0, 0.1) is 6.92 Å². The number of rotatable bonds is 9. The van der Waals surface area contributed by atoms with Gasteiger partial charge in [-0.05, 0) is 48.9 Å². The van der Waals surface area contributed by atoms with E-state index in [1.165, 1.54) is 0 Å². The van der Waals surface area contributed by atoms with Gasteiger partial charge in [-0.1, -0.05) is 97.4 Å². The molecular weight excluding hydrogens is 511 g/mol. The number of unbranched alkanes of at least 4 members (excludes halogenated alkanes) is 1. The van der Waals surface area contributed by atoms with Crippen molar-refractivity contribution in [3.63, 3.8) is 0 Å². The molecule has 8 heteroatoms. The third kappa shape index (κ3) is 6.28. The van der Waals surface area contributed by atoms with E-state index in [0.29, 0.717) is 12.2 Å². The van der Waals surface area contributed by atoms with Gasteiger partial charge >= 0.3 is 5.76 Å². The molecule has 2 heterocycles. The Kier molecular flexibility index (Phi) is 9.74. The van der Waals surface area contributed by atoms with E-state index < -0.39 is 5.76 Å². The fourth-order valence-electron chi connectivity index (χ4n) is 5.09. The first-order valence-corrected chi connectivity index (χ1v) is 13.4. The molecule has 5 rings (SSSR count). The van der Waals surface area contributed by atoms with Crippen LogP contribution in [-0.2, 0) is 12.8 Å². The van der Waals surface area contributed by atoms with Crippen LogP contribution < -0.4 is 11.3 Å². The van der Waals surface area contributed by atoms with E-state index in [-0.39, 0.29) is 41.2 Å². The van der Waals surface area contributed by atoms with E-state index in [9.17, 15) is 9.59 Å². The third-order valence-electron chi connectivity index (χ3n) is 7.18. The summed E-state index contributed by atoms with van der Waals surface area (Å²) in [5, 5.41) is 3.85. The Morgan fingerprint density at radius 2 is 1.60 bits per heavy atom. The fraction of sp³-hybridized carbons (Fsp3) is 0.250. The van der Waals surface area contributed by atoms with Crippen molar-refractivity contribution in [2.45, 2.75) is 52.5 Å². The van der Waals surface area contributed by atoms with E-state index in [2.05, 4.69) is 24.0 Å². The molecule has 1 N–H and O–H groups in total. The molecule has 7 nitrogen and oxygen atoms in total. The Morgan fingerprint density at radius 3 is 2.25 bits per heavy atom. The van der Waals surface area contributed by atoms with Gasteiger partial charge in [0.1, 0.15) is 5.82 Å². The number of nitrogens with zero attached hydrogens (tertiary/aromatic N) is 3. The molecule has 0 bridgehead atoms. The number of nitrogens with one attached hydrogen (secondary N) is 1. The van der Waals surface area contributed by atoms with E-state index in [1.54, 1.807) is 0 Å². The Balaban J connectivity index is 0.00000370. The van der Waals surface area contributed by atoms with Gasteiger partial charge in [-0.3, -0.25) is 18.9 Å². The second kappa shape index (κ2) is 13.2. The molecule has 1 radical (unpaired) electrons. The van der Waals surface area contributed by atoms with Gasteiger partial charge in [0, 0.05) is 47.1 Å². The first-order valence-electron chi connectivity index (χ1n) is 13.4. The standard InChI is InChI=1S/C32H32N4O3.Na/c1-4-5-15-29-28(31(37)36(22(3)33-29)21(2)24-11-7-6-8-12-24)20-23-16-18-25(19-17-23)26-13-9-10-14-27(26)30-34-32(38)39-35-30;/h6-14,16-19,21H,4-5,15,20H2,1-3H3,(H,34,35,38);. The van der Waals surface area contributed by atoms with Crippen LogP contribution in [0.2, 0.25) is 0 Å². The number of H-pyrrole nitrogens is 1. The number of aromatic nitrogens is 4. The number of benzene rings is 3. The maximum absolute atomic E-state index is 14.0. The zero-order valence-electron chi connectivity index (χ0n) is 23.5. The van der Waals surface area contributed by atoms with Crippen molar-refractivity contribution in [2.24, 2.45) is 0 Å². The first-order chi connectivity index (χ1) is 19.0. The summed E-state index contributed by atoms with van der Waals surface area (Å²) in [4.78, 5) is 33.0. The Bertz CT molecular complexity index is 1690. The van der Waals surface area contributed by atoms with Gasteiger partial charge in [0.05, 0.1) is 11.7 Å². The third-order valence-corrected chi connectivity index (χ3v) is 7.18. The number of hydrogen-bond donors (Lipinski definition) is 1. The summed E-state index contributed by atoms with van der Waals surface area (Å²) in [7, 11) is 0. The Morgan fingerprint density at radius 1 is 0.925 bits per heavy atom. The molecule has 1 atom stereocenters. The molecule has 0 aliphatic carbocycles. The molecule has 0 spiro atoms. The van der Waals surface area contributed by atoms with Crippen LogP contribution in [0.5, 0.6) is 0 Å². The van der Waals surface area contributed by atoms with E-state index in [0.717, 1.165) is 64.2 Å². The average Bonchev–Trinajstić information content (AvgIpc) is 3.40. The summed E-state index contributed by atoms with van der Waals surface area (Å²) in [6.07, 6.45) is 3.31. The summed E-state index contributed by atoms with van der Waals surface area (Å²) in [5.74, 6) is 0.538. The van der Waals surface area contributed by atoms with Crippen molar-refractivity contribution in [1.29, 1.82) is 0 Å². The summed E-state index contributed by atoms with van der Waals surface area (Å²) >= 11 is 0. The summed E-state index contributed by atoms with van der Waals surface area (Å²) in [6.45, 7) is 6.13. The molecule has 0 saturated carbocycles. The monoisotopic (exact) mass is 543 g/mol. The van der Waals surface area contributed by atoms with Gasteiger partial charge in [-0.2, -0.15) is 0 Å². The van der Waals surface area contributed by atoms with E-state index in [1.807, 2.05) is 90.4 Å². The van der Waals surface area contributed by atoms with Crippen molar-refractivity contribution in [3.05, 3.63) is 128 Å². The predicted molar refractivity (Wildman–Crippen MR) is 159 cm³/mol. The molecule has 199 valence electrons. The maximum atomic E-state index is 14.0. The van der Waals surface area contributed by atoms with Gasteiger partial charge in [0.2, 0.25) is 0 Å². The SMILES string of the molecule is CCCCc1nc(C)n(C(C)c2ccccc2)c(=O)c1Cc1ccc(-c2ccccc2-c2noc(=O)[nH]2)cc1.[Na].